The van der Waals surface area contributed by atoms with Gasteiger partial charge in [0, 0.05) is 23.7 Å². The Bertz CT molecular complexity index is 483. The van der Waals surface area contributed by atoms with Crippen LogP contribution in [0.15, 0.2) is 24.3 Å². The third-order valence-electron chi connectivity index (χ3n) is 2.79. The van der Waals surface area contributed by atoms with Crippen LogP contribution >= 0.6 is 0 Å². The fraction of sp³-hybridized carbons (Fsp3) is 0.438. The summed E-state index contributed by atoms with van der Waals surface area (Å²) in [5.74, 6) is 5.82. The molecule has 0 bridgehead atoms. The summed E-state index contributed by atoms with van der Waals surface area (Å²) in [5, 5.41) is 0. The molecule has 3 heteroatoms. The number of carbonyl (C=O) groups is 1. The van der Waals surface area contributed by atoms with Crippen LogP contribution in [-0.4, -0.2) is 29.9 Å². The van der Waals surface area contributed by atoms with Gasteiger partial charge in [0.2, 0.25) is 0 Å². The average Bonchev–Trinajstić information content (AvgIpc) is 2.41. The van der Waals surface area contributed by atoms with Gasteiger partial charge in [0.25, 0.3) is 5.91 Å². The molecule has 0 spiro atoms. The first kappa shape index (κ1) is 15.3. The highest BCUT2D eigenvalue weighted by atomic mass is 16.2. The molecule has 0 unspecified atom stereocenters. The van der Waals surface area contributed by atoms with Crippen molar-refractivity contribution in [1.82, 2.24) is 4.90 Å². The minimum Gasteiger partial charge on any atom is -0.336 e. The Labute approximate surface area is 115 Å². The number of amides is 1. The number of benzene rings is 1. The van der Waals surface area contributed by atoms with Gasteiger partial charge >= 0.3 is 0 Å². The molecule has 0 radical (unpaired) electrons. The second kappa shape index (κ2) is 7.60. The van der Waals surface area contributed by atoms with Crippen LogP contribution in [0.3, 0.4) is 0 Å². The van der Waals surface area contributed by atoms with Crippen molar-refractivity contribution >= 4 is 5.91 Å². The van der Waals surface area contributed by atoms with Crippen molar-refractivity contribution in [3.8, 4) is 11.8 Å². The molecular formula is C16H22N2O. The molecule has 0 fully saturated rings. The number of nitrogens with zero attached hydrogens (tertiary/aromatic N) is 1. The lowest BCUT2D eigenvalue weighted by molar-refractivity contribution is 0.0706. The maximum atomic E-state index is 12.5. The van der Waals surface area contributed by atoms with Gasteiger partial charge in [-0.1, -0.05) is 24.8 Å². The van der Waals surface area contributed by atoms with E-state index < -0.39 is 0 Å². The topological polar surface area (TPSA) is 46.3 Å². The van der Waals surface area contributed by atoms with E-state index in [4.69, 9.17) is 5.73 Å². The molecule has 1 aromatic carbocycles. The number of rotatable bonds is 4. The minimum absolute atomic E-state index is 0.0632. The lowest BCUT2D eigenvalue weighted by atomic mass is 10.1. The maximum Gasteiger partial charge on any atom is 0.254 e. The van der Waals surface area contributed by atoms with E-state index in [0.29, 0.717) is 12.1 Å². The largest absolute Gasteiger partial charge is 0.336 e. The average molecular weight is 258 g/mol. The van der Waals surface area contributed by atoms with Crippen molar-refractivity contribution in [1.29, 1.82) is 0 Å². The van der Waals surface area contributed by atoms with Crippen LogP contribution in [0.1, 0.15) is 43.1 Å². The zero-order valence-electron chi connectivity index (χ0n) is 11.9. The zero-order valence-corrected chi connectivity index (χ0v) is 11.9. The van der Waals surface area contributed by atoms with Crippen molar-refractivity contribution in [2.45, 2.75) is 33.2 Å². The van der Waals surface area contributed by atoms with Crippen molar-refractivity contribution < 1.29 is 4.79 Å². The van der Waals surface area contributed by atoms with Crippen LogP contribution in [0.2, 0.25) is 0 Å². The molecule has 102 valence electrons. The molecule has 1 amide bonds. The minimum atomic E-state index is 0.0632. The fourth-order valence-electron chi connectivity index (χ4n) is 1.88. The predicted molar refractivity (Wildman–Crippen MR) is 78.8 cm³/mol. The molecule has 1 aromatic rings. The highest BCUT2D eigenvalue weighted by Crippen LogP contribution is 2.11. The van der Waals surface area contributed by atoms with E-state index >= 15 is 0 Å². The Balaban J connectivity index is 2.98. The predicted octanol–water partition coefficient (Wildman–Crippen LogP) is 2.26. The molecule has 0 saturated carbocycles. The number of hydrogen-bond acceptors (Lipinski definition) is 2. The first-order chi connectivity index (χ1) is 9.10. The molecule has 0 aromatic heterocycles. The van der Waals surface area contributed by atoms with Crippen LogP contribution in [0.5, 0.6) is 0 Å². The van der Waals surface area contributed by atoms with Crippen molar-refractivity contribution in [3.63, 3.8) is 0 Å². The van der Waals surface area contributed by atoms with Crippen LogP contribution < -0.4 is 5.73 Å². The molecule has 0 atom stereocenters. The monoisotopic (exact) mass is 258 g/mol. The van der Waals surface area contributed by atoms with Gasteiger partial charge < -0.3 is 10.6 Å². The standard InChI is InChI=1S/C16H22N2O/c1-4-11-18(13(2)3)16(19)15-9-5-7-14(12-15)8-6-10-17/h5,7,9,12-13H,4,10-11,17H2,1-3H3. The lowest BCUT2D eigenvalue weighted by Gasteiger charge is -2.26. The summed E-state index contributed by atoms with van der Waals surface area (Å²) in [6, 6.07) is 7.61. The van der Waals surface area contributed by atoms with E-state index in [1.165, 1.54) is 0 Å². The summed E-state index contributed by atoms with van der Waals surface area (Å²) in [6.45, 7) is 7.24. The molecule has 3 nitrogen and oxygen atoms in total. The maximum absolute atomic E-state index is 12.5. The Hall–Kier alpha value is -1.79. The summed E-state index contributed by atoms with van der Waals surface area (Å²) >= 11 is 0. The lowest BCUT2D eigenvalue weighted by Crippen LogP contribution is -2.37. The second-order valence-electron chi connectivity index (χ2n) is 4.68. The first-order valence-corrected chi connectivity index (χ1v) is 6.70. The second-order valence-corrected chi connectivity index (χ2v) is 4.68. The van der Waals surface area contributed by atoms with Crippen LogP contribution in [0.25, 0.3) is 0 Å². The Kier molecular flexibility index (Phi) is 6.11. The molecule has 0 heterocycles. The quantitative estimate of drug-likeness (QED) is 0.842. The van der Waals surface area contributed by atoms with E-state index in [9.17, 15) is 4.79 Å². The summed E-state index contributed by atoms with van der Waals surface area (Å²) < 4.78 is 0. The number of carbonyl (C=O) groups excluding carboxylic acids is 1. The van der Waals surface area contributed by atoms with Gasteiger partial charge in [-0.2, -0.15) is 0 Å². The highest BCUT2D eigenvalue weighted by molar-refractivity contribution is 5.94. The number of hydrogen-bond donors (Lipinski definition) is 1. The van der Waals surface area contributed by atoms with Crippen molar-refractivity contribution in [2.24, 2.45) is 5.73 Å². The molecule has 0 saturated heterocycles. The summed E-state index contributed by atoms with van der Waals surface area (Å²) in [6.07, 6.45) is 0.955. The summed E-state index contributed by atoms with van der Waals surface area (Å²) in [5.41, 5.74) is 6.87. The molecule has 2 N–H and O–H groups in total. The van der Waals surface area contributed by atoms with Crippen molar-refractivity contribution in [2.75, 3.05) is 13.1 Å². The molecule has 19 heavy (non-hydrogen) atoms. The smallest absolute Gasteiger partial charge is 0.254 e. The zero-order chi connectivity index (χ0) is 14.3. The van der Waals surface area contributed by atoms with Gasteiger partial charge in [-0.05, 0) is 38.5 Å². The van der Waals surface area contributed by atoms with Crippen LogP contribution in [0, 0.1) is 11.8 Å². The van der Waals surface area contributed by atoms with Gasteiger partial charge in [0.05, 0.1) is 6.54 Å². The SMILES string of the molecule is CCCN(C(=O)c1cccc(C#CCN)c1)C(C)C. The van der Waals surface area contributed by atoms with E-state index in [-0.39, 0.29) is 11.9 Å². The van der Waals surface area contributed by atoms with Gasteiger partial charge in [-0.25, -0.2) is 0 Å². The van der Waals surface area contributed by atoms with Crippen molar-refractivity contribution in [3.05, 3.63) is 35.4 Å². The molecule has 0 aliphatic heterocycles. The summed E-state index contributed by atoms with van der Waals surface area (Å²) in [7, 11) is 0. The fourth-order valence-corrected chi connectivity index (χ4v) is 1.88. The molecular weight excluding hydrogens is 236 g/mol. The Morgan fingerprint density at radius 2 is 2.16 bits per heavy atom. The third kappa shape index (κ3) is 4.42. The Morgan fingerprint density at radius 1 is 1.42 bits per heavy atom. The van der Waals surface area contributed by atoms with E-state index in [1.807, 2.05) is 43.0 Å². The molecule has 0 aliphatic carbocycles. The van der Waals surface area contributed by atoms with Gasteiger partial charge in [0.15, 0.2) is 0 Å². The van der Waals surface area contributed by atoms with Gasteiger partial charge in [0.1, 0.15) is 0 Å². The van der Waals surface area contributed by atoms with Crippen LogP contribution in [0.4, 0.5) is 0 Å². The third-order valence-corrected chi connectivity index (χ3v) is 2.79. The van der Waals surface area contributed by atoms with E-state index in [2.05, 4.69) is 18.8 Å². The van der Waals surface area contributed by atoms with E-state index in [1.54, 1.807) is 0 Å². The molecule has 1 rings (SSSR count). The Morgan fingerprint density at radius 3 is 2.74 bits per heavy atom. The van der Waals surface area contributed by atoms with Gasteiger partial charge in [-0.3, -0.25) is 4.79 Å². The normalized spacial score (nSPS) is 9.95. The summed E-state index contributed by atoms with van der Waals surface area (Å²) in [4.78, 5) is 14.3. The highest BCUT2D eigenvalue weighted by Gasteiger charge is 2.17. The first-order valence-electron chi connectivity index (χ1n) is 6.70. The van der Waals surface area contributed by atoms with Gasteiger partial charge in [-0.15, -0.1) is 0 Å². The molecule has 0 aliphatic rings. The van der Waals surface area contributed by atoms with E-state index in [0.717, 1.165) is 18.5 Å². The van der Waals surface area contributed by atoms with Crippen LogP contribution in [-0.2, 0) is 0 Å². The number of nitrogens with two attached hydrogens (primary N) is 1.